The van der Waals surface area contributed by atoms with Crippen molar-refractivity contribution in [2.24, 2.45) is 5.92 Å². The summed E-state index contributed by atoms with van der Waals surface area (Å²) in [5, 5.41) is 10.7. The summed E-state index contributed by atoms with van der Waals surface area (Å²) in [6.45, 7) is 0. The molecule has 0 bridgehead atoms. The van der Waals surface area contributed by atoms with Crippen molar-refractivity contribution in [3.8, 4) is 0 Å². The third-order valence-corrected chi connectivity index (χ3v) is 4.86. The van der Waals surface area contributed by atoms with E-state index in [0.717, 1.165) is 27.6 Å². The molecule has 1 atom stereocenters. The molecule has 1 aliphatic carbocycles. The highest BCUT2D eigenvalue weighted by Crippen LogP contribution is 2.36. The van der Waals surface area contributed by atoms with Crippen LogP contribution >= 0.6 is 22.6 Å². The number of halogens is 1. The van der Waals surface area contributed by atoms with Crippen LogP contribution in [0.15, 0.2) is 24.7 Å². The van der Waals surface area contributed by atoms with Gasteiger partial charge in [-0.25, -0.2) is 4.98 Å². The first kappa shape index (κ1) is 12.4. The van der Waals surface area contributed by atoms with E-state index >= 15 is 0 Å². The number of aromatic nitrogens is 2. The highest BCUT2D eigenvalue weighted by Gasteiger charge is 2.26. The fourth-order valence-corrected chi connectivity index (χ4v) is 3.70. The fourth-order valence-electron chi connectivity index (χ4n) is 2.95. The van der Waals surface area contributed by atoms with Crippen molar-refractivity contribution in [3.63, 3.8) is 0 Å². The Bertz CT molecular complexity index is 546. The molecule has 3 rings (SSSR count). The van der Waals surface area contributed by atoms with E-state index in [1.54, 1.807) is 6.33 Å². The molecule has 0 amide bonds. The lowest BCUT2D eigenvalue weighted by Gasteiger charge is -2.27. The van der Waals surface area contributed by atoms with Crippen molar-refractivity contribution < 1.29 is 5.11 Å². The minimum atomic E-state index is -0.366. The Morgan fingerprint density at radius 3 is 2.83 bits per heavy atom. The van der Waals surface area contributed by atoms with Crippen LogP contribution in [0.3, 0.4) is 0 Å². The van der Waals surface area contributed by atoms with Gasteiger partial charge in [-0.15, -0.1) is 0 Å². The molecule has 0 saturated heterocycles. The van der Waals surface area contributed by atoms with E-state index in [9.17, 15) is 5.11 Å². The number of aliphatic hydroxyl groups excluding tert-OH is 1. The van der Waals surface area contributed by atoms with E-state index in [2.05, 4.69) is 33.6 Å². The Kier molecular flexibility index (Phi) is 3.56. The molecule has 1 N–H and O–H groups in total. The SMILES string of the molecule is OC(c1c(I)ccc2cncn12)C1CCCCC1. The van der Waals surface area contributed by atoms with Gasteiger partial charge >= 0.3 is 0 Å². The monoisotopic (exact) mass is 356 g/mol. The quantitative estimate of drug-likeness (QED) is 0.836. The average molecular weight is 356 g/mol. The topological polar surface area (TPSA) is 37.5 Å². The van der Waals surface area contributed by atoms with E-state index in [1.807, 2.05) is 16.7 Å². The molecule has 1 fully saturated rings. The maximum Gasteiger partial charge on any atom is 0.0995 e. The highest BCUT2D eigenvalue weighted by molar-refractivity contribution is 14.1. The first-order valence-electron chi connectivity index (χ1n) is 6.56. The third-order valence-electron chi connectivity index (χ3n) is 3.95. The van der Waals surface area contributed by atoms with Gasteiger partial charge in [-0.05, 0) is 53.5 Å². The molecule has 1 aliphatic rings. The van der Waals surface area contributed by atoms with E-state index in [1.165, 1.54) is 19.3 Å². The second-order valence-corrected chi connectivity index (χ2v) is 6.26. The van der Waals surface area contributed by atoms with Gasteiger partial charge in [-0.2, -0.15) is 0 Å². The number of fused-ring (bicyclic) bond motifs is 1. The maximum absolute atomic E-state index is 10.7. The van der Waals surface area contributed by atoms with Crippen LogP contribution in [0.4, 0.5) is 0 Å². The summed E-state index contributed by atoms with van der Waals surface area (Å²) < 4.78 is 3.15. The van der Waals surface area contributed by atoms with Crippen LogP contribution < -0.4 is 0 Å². The zero-order chi connectivity index (χ0) is 12.5. The Labute approximate surface area is 120 Å². The van der Waals surface area contributed by atoms with Crippen LogP contribution in [0, 0.1) is 9.49 Å². The van der Waals surface area contributed by atoms with Crippen molar-refractivity contribution in [1.82, 2.24) is 9.38 Å². The smallest absolute Gasteiger partial charge is 0.0995 e. The summed E-state index contributed by atoms with van der Waals surface area (Å²) in [6.07, 6.45) is 9.37. The molecule has 0 aliphatic heterocycles. The van der Waals surface area contributed by atoms with Crippen LogP contribution in [0.25, 0.3) is 5.52 Å². The van der Waals surface area contributed by atoms with E-state index in [4.69, 9.17) is 0 Å². The zero-order valence-electron chi connectivity index (χ0n) is 10.2. The number of imidazole rings is 1. The fraction of sp³-hybridized carbons (Fsp3) is 0.500. The van der Waals surface area contributed by atoms with E-state index in [0.29, 0.717) is 5.92 Å². The molecular weight excluding hydrogens is 339 g/mol. The maximum atomic E-state index is 10.7. The lowest BCUT2D eigenvalue weighted by atomic mass is 9.84. The number of hydrogen-bond acceptors (Lipinski definition) is 2. The van der Waals surface area contributed by atoms with Gasteiger partial charge in [0.15, 0.2) is 0 Å². The van der Waals surface area contributed by atoms with Crippen molar-refractivity contribution >= 4 is 28.1 Å². The van der Waals surface area contributed by atoms with Gasteiger partial charge in [-0.3, -0.25) is 4.40 Å². The predicted molar refractivity (Wildman–Crippen MR) is 79.4 cm³/mol. The first-order valence-corrected chi connectivity index (χ1v) is 7.64. The van der Waals surface area contributed by atoms with Gasteiger partial charge in [0.1, 0.15) is 0 Å². The van der Waals surface area contributed by atoms with Crippen LogP contribution in [-0.4, -0.2) is 14.5 Å². The zero-order valence-corrected chi connectivity index (χ0v) is 12.4. The molecule has 0 spiro atoms. The molecule has 2 aromatic rings. The highest BCUT2D eigenvalue weighted by atomic mass is 127. The Hall–Kier alpha value is -0.620. The van der Waals surface area contributed by atoms with Crippen LogP contribution in [-0.2, 0) is 0 Å². The predicted octanol–water partition coefficient (Wildman–Crippen LogP) is 3.55. The molecule has 2 heterocycles. The van der Waals surface area contributed by atoms with Gasteiger partial charge in [0, 0.05) is 3.57 Å². The average Bonchev–Trinajstić information content (AvgIpc) is 2.87. The Morgan fingerprint density at radius 1 is 1.28 bits per heavy atom. The van der Waals surface area contributed by atoms with Crippen LogP contribution in [0.1, 0.15) is 43.9 Å². The van der Waals surface area contributed by atoms with Gasteiger partial charge in [-0.1, -0.05) is 19.3 Å². The standard InChI is InChI=1S/C14H17IN2O/c15-12-7-6-11-8-16-9-17(11)13(12)14(18)10-4-2-1-3-5-10/h6-10,14,18H,1-5H2. The number of nitrogens with zero attached hydrogens (tertiary/aromatic N) is 2. The second-order valence-electron chi connectivity index (χ2n) is 5.10. The molecule has 96 valence electrons. The van der Waals surface area contributed by atoms with Crippen molar-refractivity contribution in [3.05, 3.63) is 33.9 Å². The lowest BCUT2D eigenvalue weighted by molar-refractivity contribution is 0.0794. The van der Waals surface area contributed by atoms with Gasteiger partial charge < -0.3 is 5.11 Å². The number of pyridine rings is 1. The summed E-state index contributed by atoms with van der Waals surface area (Å²) in [7, 11) is 0. The number of hydrogen-bond donors (Lipinski definition) is 1. The first-order chi connectivity index (χ1) is 8.77. The summed E-state index contributed by atoms with van der Waals surface area (Å²) in [5.74, 6) is 0.403. The normalized spacial score (nSPS) is 19.2. The number of rotatable bonds is 2. The second kappa shape index (κ2) is 5.17. The number of aliphatic hydroxyl groups is 1. The molecule has 4 heteroatoms. The molecule has 1 saturated carbocycles. The molecule has 0 radical (unpaired) electrons. The lowest BCUT2D eigenvalue weighted by Crippen LogP contribution is -2.19. The molecular formula is C14H17IN2O. The van der Waals surface area contributed by atoms with Crippen LogP contribution in [0.5, 0.6) is 0 Å². The van der Waals surface area contributed by atoms with E-state index in [-0.39, 0.29) is 6.10 Å². The molecule has 2 aromatic heterocycles. The molecule has 0 aromatic carbocycles. The Morgan fingerprint density at radius 2 is 2.06 bits per heavy atom. The van der Waals surface area contributed by atoms with Crippen molar-refractivity contribution in [2.45, 2.75) is 38.2 Å². The summed E-state index contributed by atoms with van der Waals surface area (Å²) in [4.78, 5) is 4.18. The van der Waals surface area contributed by atoms with Crippen molar-refractivity contribution in [1.29, 1.82) is 0 Å². The van der Waals surface area contributed by atoms with Gasteiger partial charge in [0.05, 0.1) is 29.8 Å². The van der Waals surface area contributed by atoms with Crippen molar-refractivity contribution in [2.75, 3.05) is 0 Å². The van der Waals surface area contributed by atoms with Gasteiger partial charge in [0.25, 0.3) is 0 Å². The van der Waals surface area contributed by atoms with Crippen LogP contribution in [0.2, 0.25) is 0 Å². The largest absolute Gasteiger partial charge is 0.387 e. The molecule has 1 unspecified atom stereocenters. The summed E-state index contributed by atoms with van der Waals surface area (Å²) in [6, 6.07) is 4.12. The molecule has 18 heavy (non-hydrogen) atoms. The minimum absolute atomic E-state index is 0.366. The van der Waals surface area contributed by atoms with E-state index < -0.39 is 0 Å². The van der Waals surface area contributed by atoms with Gasteiger partial charge in [0.2, 0.25) is 0 Å². The Balaban J connectivity index is 2.01. The molecule has 3 nitrogen and oxygen atoms in total. The minimum Gasteiger partial charge on any atom is -0.387 e. The third kappa shape index (κ3) is 2.16. The summed E-state index contributed by atoms with van der Waals surface area (Å²) in [5.41, 5.74) is 2.07. The summed E-state index contributed by atoms with van der Waals surface area (Å²) >= 11 is 2.31.